The van der Waals surface area contributed by atoms with Crippen LogP contribution in [0.5, 0.6) is 0 Å². The van der Waals surface area contributed by atoms with Gasteiger partial charge in [0.25, 0.3) is 0 Å². The average Bonchev–Trinajstić information content (AvgIpc) is 2.88. The lowest BCUT2D eigenvalue weighted by Gasteiger charge is -2.03. The van der Waals surface area contributed by atoms with Gasteiger partial charge in [0.1, 0.15) is 6.26 Å². The molecule has 3 heterocycles. The van der Waals surface area contributed by atoms with E-state index in [1.807, 2.05) is 13.0 Å². The molecule has 4 heteroatoms. The topological polar surface area (TPSA) is 51.0 Å². The van der Waals surface area contributed by atoms with Crippen LogP contribution in [-0.2, 0) is 13.1 Å². The first-order valence-electron chi connectivity index (χ1n) is 4.94. The molecule has 0 aromatic carbocycles. The van der Waals surface area contributed by atoms with Crippen LogP contribution in [0.2, 0.25) is 0 Å². The van der Waals surface area contributed by atoms with Crippen LogP contribution in [0.1, 0.15) is 17.0 Å². The molecule has 0 unspecified atom stereocenters. The highest BCUT2D eigenvalue weighted by molar-refractivity contribution is 5.54. The minimum Gasteiger partial charge on any atom is -0.472 e. The second-order valence-corrected chi connectivity index (χ2v) is 3.67. The predicted octanol–water partition coefficient (Wildman–Crippen LogP) is 1.65. The van der Waals surface area contributed by atoms with Gasteiger partial charge in [-0.05, 0) is 13.0 Å². The van der Waals surface area contributed by atoms with Crippen molar-refractivity contribution in [1.82, 2.24) is 15.3 Å². The molecule has 0 aliphatic carbocycles. The standard InChI is InChI=1S/C11H11N3O/c1-7-9-4-12-5-10(9)14-11(13-7)8-2-3-15-6-8/h2-3,6,12H,4-5H2,1H3. The molecular formula is C11H11N3O. The van der Waals surface area contributed by atoms with Gasteiger partial charge in [0.05, 0.1) is 17.5 Å². The SMILES string of the molecule is Cc1nc(-c2ccoc2)nc2c1CNC2. The van der Waals surface area contributed by atoms with Gasteiger partial charge in [0.15, 0.2) is 5.82 Å². The van der Waals surface area contributed by atoms with Gasteiger partial charge in [0.2, 0.25) is 0 Å². The summed E-state index contributed by atoms with van der Waals surface area (Å²) in [5.41, 5.74) is 4.34. The molecular weight excluding hydrogens is 190 g/mol. The van der Waals surface area contributed by atoms with Crippen LogP contribution in [-0.4, -0.2) is 9.97 Å². The van der Waals surface area contributed by atoms with Gasteiger partial charge in [-0.15, -0.1) is 0 Å². The molecule has 0 radical (unpaired) electrons. The first-order chi connectivity index (χ1) is 7.34. The Morgan fingerprint density at radius 2 is 2.27 bits per heavy atom. The van der Waals surface area contributed by atoms with E-state index in [1.165, 1.54) is 5.56 Å². The molecule has 0 spiro atoms. The molecule has 2 aromatic heterocycles. The van der Waals surface area contributed by atoms with Gasteiger partial charge in [-0.3, -0.25) is 0 Å². The Balaban J connectivity index is 2.15. The maximum atomic E-state index is 5.03. The van der Waals surface area contributed by atoms with Gasteiger partial charge in [-0.25, -0.2) is 9.97 Å². The van der Waals surface area contributed by atoms with Gasteiger partial charge in [-0.2, -0.15) is 0 Å². The molecule has 1 N–H and O–H groups in total. The zero-order valence-corrected chi connectivity index (χ0v) is 8.45. The third kappa shape index (κ3) is 1.34. The molecule has 0 saturated heterocycles. The molecule has 0 amide bonds. The van der Waals surface area contributed by atoms with Gasteiger partial charge < -0.3 is 9.73 Å². The zero-order valence-electron chi connectivity index (χ0n) is 8.45. The van der Waals surface area contributed by atoms with Crippen LogP contribution >= 0.6 is 0 Å². The second-order valence-electron chi connectivity index (χ2n) is 3.67. The van der Waals surface area contributed by atoms with Crippen molar-refractivity contribution >= 4 is 0 Å². The fourth-order valence-electron chi connectivity index (χ4n) is 1.86. The van der Waals surface area contributed by atoms with E-state index >= 15 is 0 Å². The molecule has 0 fully saturated rings. The van der Waals surface area contributed by atoms with E-state index in [-0.39, 0.29) is 0 Å². The molecule has 0 saturated carbocycles. The highest BCUT2D eigenvalue weighted by Gasteiger charge is 2.17. The van der Waals surface area contributed by atoms with E-state index in [0.29, 0.717) is 0 Å². The molecule has 1 aliphatic rings. The first kappa shape index (κ1) is 8.61. The summed E-state index contributed by atoms with van der Waals surface area (Å²) in [6.07, 6.45) is 3.31. The fraction of sp³-hybridized carbons (Fsp3) is 0.273. The summed E-state index contributed by atoms with van der Waals surface area (Å²) in [5.74, 6) is 0.753. The van der Waals surface area contributed by atoms with Crippen LogP contribution in [0.15, 0.2) is 23.0 Å². The number of aromatic nitrogens is 2. The highest BCUT2D eigenvalue weighted by Crippen LogP contribution is 2.21. The molecule has 15 heavy (non-hydrogen) atoms. The van der Waals surface area contributed by atoms with E-state index < -0.39 is 0 Å². The second kappa shape index (κ2) is 3.17. The van der Waals surface area contributed by atoms with E-state index in [1.54, 1.807) is 12.5 Å². The number of nitrogens with zero attached hydrogens (tertiary/aromatic N) is 2. The zero-order chi connectivity index (χ0) is 10.3. The number of hydrogen-bond donors (Lipinski definition) is 1. The summed E-state index contributed by atoms with van der Waals surface area (Å²) in [7, 11) is 0. The summed E-state index contributed by atoms with van der Waals surface area (Å²) >= 11 is 0. The van der Waals surface area contributed by atoms with E-state index in [2.05, 4.69) is 15.3 Å². The lowest BCUT2D eigenvalue weighted by atomic mass is 10.2. The number of hydrogen-bond acceptors (Lipinski definition) is 4. The number of rotatable bonds is 1. The van der Waals surface area contributed by atoms with Crippen molar-refractivity contribution < 1.29 is 4.42 Å². The number of nitrogens with one attached hydrogen (secondary N) is 1. The number of fused-ring (bicyclic) bond motifs is 1. The third-order valence-corrected chi connectivity index (χ3v) is 2.67. The van der Waals surface area contributed by atoms with Crippen LogP contribution in [0.25, 0.3) is 11.4 Å². The van der Waals surface area contributed by atoms with Crippen molar-refractivity contribution in [3.05, 3.63) is 35.5 Å². The lowest BCUT2D eigenvalue weighted by Crippen LogP contribution is -2.00. The molecule has 0 atom stereocenters. The van der Waals surface area contributed by atoms with Crippen molar-refractivity contribution in [3.63, 3.8) is 0 Å². The maximum Gasteiger partial charge on any atom is 0.162 e. The van der Waals surface area contributed by atoms with Crippen LogP contribution in [0, 0.1) is 6.92 Å². The first-order valence-corrected chi connectivity index (χ1v) is 4.94. The minimum absolute atomic E-state index is 0.753. The van der Waals surface area contributed by atoms with Crippen molar-refractivity contribution in [2.45, 2.75) is 20.0 Å². The Morgan fingerprint density at radius 3 is 3.07 bits per heavy atom. The molecule has 2 aromatic rings. The summed E-state index contributed by atoms with van der Waals surface area (Å²) < 4.78 is 5.03. The Bertz CT molecular complexity index is 491. The predicted molar refractivity (Wildman–Crippen MR) is 55.0 cm³/mol. The average molecular weight is 201 g/mol. The third-order valence-electron chi connectivity index (χ3n) is 2.67. The van der Waals surface area contributed by atoms with Crippen LogP contribution < -0.4 is 5.32 Å². The minimum atomic E-state index is 0.753. The van der Waals surface area contributed by atoms with Crippen LogP contribution in [0.3, 0.4) is 0 Å². The molecule has 4 nitrogen and oxygen atoms in total. The molecule has 1 aliphatic heterocycles. The summed E-state index contributed by atoms with van der Waals surface area (Å²) in [4.78, 5) is 9.00. The monoisotopic (exact) mass is 201 g/mol. The van der Waals surface area contributed by atoms with Crippen molar-refractivity contribution in [2.75, 3.05) is 0 Å². The Kier molecular flexibility index (Phi) is 1.82. The van der Waals surface area contributed by atoms with E-state index in [4.69, 9.17) is 4.42 Å². The molecule has 0 bridgehead atoms. The lowest BCUT2D eigenvalue weighted by molar-refractivity contribution is 0.568. The van der Waals surface area contributed by atoms with Crippen LogP contribution in [0.4, 0.5) is 0 Å². The molecule has 76 valence electrons. The Morgan fingerprint density at radius 1 is 1.33 bits per heavy atom. The van der Waals surface area contributed by atoms with Gasteiger partial charge >= 0.3 is 0 Å². The number of aryl methyl sites for hydroxylation is 1. The Hall–Kier alpha value is -1.68. The molecule has 3 rings (SSSR count). The van der Waals surface area contributed by atoms with Gasteiger partial charge in [-0.1, -0.05) is 0 Å². The quantitative estimate of drug-likeness (QED) is 0.762. The fourth-order valence-corrected chi connectivity index (χ4v) is 1.86. The summed E-state index contributed by atoms with van der Waals surface area (Å²) in [5, 5.41) is 3.28. The van der Waals surface area contributed by atoms with E-state index in [0.717, 1.165) is 35.9 Å². The summed E-state index contributed by atoms with van der Waals surface area (Å²) in [6, 6.07) is 1.88. The maximum absolute atomic E-state index is 5.03. The van der Waals surface area contributed by atoms with Crippen molar-refractivity contribution in [2.24, 2.45) is 0 Å². The normalized spacial score (nSPS) is 14.2. The van der Waals surface area contributed by atoms with E-state index in [9.17, 15) is 0 Å². The Labute approximate surface area is 87.4 Å². The van der Waals surface area contributed by atoms with Gasteiger partial charge in [0, 0.05) is 24.3 Å². The summed E-state index contributed by atoms with van der Waals surface area (Å²) in [6.45, 7) is 3.74. The number of furan rings is 1. The largest absolute Gasteiger partial charge is 0.472 e. The highest BCUT2D eigenvalue weighted by atomic mass is 16.3. The van der Waals surface area contributed by atoms with Crippen molar-refractivity contribution in [1.29, 1.82) is 0 Å². The van der Waals surface area contributed by atoms with Crippen molar-refractivity contribution in [3.8, 4) is 11.4 Å². The smallest absolute Gasteiger partial charge is 0.162 e.